The molecule has 3 rings (SSSR count). The summed E-state index contributed by atoms with van der Waals surface area (Å²) in [6, 6.07) is 13.7. The third kappa shape index (κ3) is 5.37. The van der Waals surface area contributed by atoms with Gasteiger partial charge in [-0.05, 0) is 44.0 Å². The summed E-state index contributed by atoms with van der Waals surface area (Å²) in [6.45, 7) is 3.44. The van der Waals surface area contributed by atoms with Crippen LogP contribution < -0.4 is 19.7 Å². The zero-order valence-electron chi connectivity index (χ0n) is 16.9. The van der Waals surface area contributed by atoms with Gasteiger partial charge in [0.2, 0.25) is 15.9 Å². The molecule has 1 aliphatic rings. The van der Waals surface area contributed by atoms with Crippen LogP contribution in [0.1, 0.15) is 19.4 Å². The van der Waals surface area contributed by atoms with Gasteiger partial charge in [0.15, 0.2) is 6.61 Å². The number of benzene rings is 2. The van der Waals surface area contributed by atoms with E-state index in [1.807, 2.05) is 30.3 Å². The predicted octanol–water partition coefficient (Wildman–Crippen LogP) is 1.46. The number of carbonyl (C=O) groups is 2. The summed E-state index contributed by atoms with van der Waals surface area (Å²) in [6.07, 6.45) is 0.670. The minimum absolute atomic E-state index is 0.00253. The summed E-state index contributed by atoms with van der Waals surface area (Å²) in [4.78, 5) is 26.0. The van der Waals surface area contributed by atoms with Crippen LogP contribution in [0.5, 0.6) is 5.75 Å². The normalized spacial score (nSPS) is 13.7. The van der Waals surface area contributed by atoms with Crippen LogP contribution in [0.4, 0.5) is 5.69 Å². The number of ether oxygens (including phenoxy) is 1. The van der Waals surface area contributed by atoms with Gasteiger partial charge in [0.05, 0.1) is 10.6 Å². The van der Waals surface area contributed by atoms with E-state index in [4.69, 9.17) is 4.74 Å². The fraction of sp³-hybridized carbons (Fsp3) is 0.333. The van der Waals surface area contributed by atoms with Gasteiger partial charge < -0.3 is 10.1 Å². The second-order valence-corrected chi connectivity index (χ2v) is 8.97. The van der Waals surface area contributed by atoms with Gasteiger partial charge in [0, 0.05) is 12.6 Å². The number of hydrogen-bond donors (Lipinski definition) is 2. The Hall–Kier alpha value is -2.91. The first-order valence-electron chi connectivity index (χ1n) is 9.66. The van der Waals surface area contributed by atoms with E-state index in [2.05, 4.69) is 10.0 Å². The van der Waals surface area contributed by atoms with Crippen molar-refractivity contribution in [3.8, 4) is 5.75 Å². The topological polar surface area (TPSA) is 105 Å². The zero-order valence-corrected chi connectivity index (χ0v) is 17.7. The second kappa shape index (κ2) is 9.27. The number of sulfonamides is 1. The van der Waals surface area contributed by atoms with E-state index in [0.29, 0.717) is 18.7 Å². The molecule has 30 heavy (non-hydrogen) atoms. The molecule has 0 atom stereocenters. The minimum Gasteiger partial charge on any atom is -0.482 e. The van der Waals surface area contributed by atoms with E-state index in [1.165, 1.54) is 23.1 Å². The average Bonchev–Trinajstić information content (AvgIpc) is 2.69. The van der Waals surface area contributed by atoms with Crippen LogP contribution in [0.3, 0.4) is 0 Å². The monoisotopic (exact) mass is 431 g/mol. The van der Waals surface area contributed by atoms with Gasteiger partial charge in [0.1, 0.15) is 12.3 Å². The number of fused-ring (bicyclic) bond motifs is 1. The average molecular weight is 432 g/mol. The van der Waals surface area contributed by atoms with Crippen molar-refractivity contribution < 1.29 is 22.7 Å². The summed E-state index contributed by atoms with van der Waals surface area (Å²) in [5, 5.41) is 2.80. The molecule has 0 fully saturated rings. The van der Waals surface area contributed by atoms with Gasteiger partial charge in [-0.15, -0.1) is 0 Å². The van der Waals surface area contributed by atoms with Crippen molar-refractivity contribution >= 4 is 27.5 Å². The Morgan fingerprint density at radius 2 is 1.90 bits per heavy atom. The van der Waals surface area contributed by atoms with E-state index in [0.717, 1.165) is 5.56 Å². The lowest BCUT2D eigenvalue weighted by atomic mass is 10.1. The van der Waals surface area contributed by atoms with Gasteiger partial charge in [-0.25, -0.2) is 13.1 Å². The van der Waals surface area contributed by atoms with Crippen molar-refractivity contribution in [1.29, 1.82) is 0 Å². The van der Waals surface area contributed by atoms with Crippen molar-refractivity contribution in [2.75, 3.05) is 24.6 Å². The number of anilines is 1. The maximum atomic E-state index is 12.5. The van der Waals surface area contributed by atoms with Crippen LogP contribution in [0.2, 0.25) is 0 Å². The molecule has 0 aliphatic carbocycles. The molecule has 2 aromatic carbocycles. The molecule has 2 amide bonds. The fourth-order valence-electron chi connectivity index (χ4n) is 3.09. The lowest BCUT2D eigenvalue weighted by Crippen LogP contribution is -2.45. The Morgan fingerprint density at radius 1 is 1.17 bits per heavy atom. The first kappa shape index (κ1) is 21.8. The number of nitrogens with zero attached hydrogens (tertiary/aromatic N) is 1. The highest BCUT2D eigenvalue weighted by Gasteiger charge is 2.29. The third-order valence-corrected chi connectivity index (χ3v) is 6.11. The van der Waals surface area contributed by atoms with E-state index in [9.17, 15) is 18.0 Å². The van der Waals surface area contributed by atoms with E-state index in [-0.39, 0.29) is 35.7 Å². The van der Waals surface area contributed by atoms with Crippen LogP contribution >= 0.6 is 0 Å². The molecule has 0 saturated carbocycles. The Labute approximate surface area is 176 Å². The molecule has 0 radical (unpaired) electrons. The van der Waals surface area contributed by atoms with Crippen LogP contribution in [0, 0.1) is 0 Å². The molecule has 0 aromatic heterocycles. The molecule has 0 unspecified atom stereocenters. The Balaban J connectivity index is 1.72. The van der Waals surface area contributed by atoms with E-state index in [1.54, 1.807) is 13.8 Å². The van der Waals surface area contributed by atoms with Crippen molar-refractivity contribution in [1.82, 2.24) is 10.0 Å². The highest BCUT2D eigenvalue weighted by molar-refractivity contribution is 7.89. The quantitative estimate of drug-likeness (QED) is 0.658. The molecule has 9 heteroatoms. The SMILES string of the molecule is CC(C)NS(=O)(=O)c1ccc2c(c1)N(CC(=O)NCCc1ccccc1)C(=O)CO2. The predicted molar refractivity (Wildman–Crippen MR) is 113 cm³/mol. The number of hydrogen-bond acceptors (Lipinski definition) is 5. The van der Waals surface area contributed by atoms with Gasteiger partial charge >= 0.3 is 0 Å². The first-order valence-corrected chi connectivity index (χ1v) is 11.1. The van der Waals surface area contributed by atoms with Crippen molar-refractivity contribution in [2.24, 2.45) is 0 Å². The highest BCUT2D eigenvalue weighted by atomic mass is 32.2. The van der Waals surface area contributed by atoms with E-state index < -0.39 is 15.9 Å². The summed E-state index contributed by atoms with van der Waals surface area (Å²) < 4.78 is 32.9. The minimum atomic E-state index is -3.75. The first-order chi connectivity index (χ1) is 14.3. The van der Waals surface area contributed by atoms with Crippen molar-refractivity contribution in [3.63, 3.8) is 0 Å². The number of nitrogens with one attached hydrogen (secondary N) is 2. The molecule has 0 bridgehead atoms. The lowest BCUT2D eigenvalue weighted by Gasteiger charge is -2.29. The Kier molecular flexibility index (Phi) is 6.73. The maximum Gasteiger partial charge on any atom is 0.265 e. The Morgan fingerprint density at radius 3 is 2.60 bits per heavy atom. The van der Waals surface area contributed by atoms with Gasteiger partial charge in [-0.2, -0.15) is 0 Å². The van der Waals surface area contributed by atoms with Crippen LogP contribution in [0.15, 0.2) is 53.4 Å². The van der Waals surface area contributed by atoms with Crippen LogP contribution in [-0.2, 0) is 26.0 Å². The second-order valence-electron chi connectivity index (χ2n) is 7.26. The van der Waals surface area contributed by atoms with Crippen molar-refractivity contribution in [3.05, 3.63) is 54.1 Å². The smallest absolute Gasteiger partial charge is 0.265 e. The number of rotatable bonds is 8. The molecule has 0 spiro atoms. The van der Waals surface area contributed by atoms with Crippen LogP contribution in [0.25, 0.3) is 0 Å². The lowest BCUT2D eigenvalue weighted by molar-refractivity contribution is -0.125. The number of amides is 2. The molecule has 2 aromatic rings. The summed E-state index contributed by atoms with van der Waals surface area (Å²) in [7, 11) is -3.75. The summed E-state index contributed by atoms with van der Waals surface area (Å²) >= 11 is 0. The fourth-order valence-corrected chi connectivity index (χ4v) is 4.36. The molecule has 2 N–H and O–H groups in total. The summed E-state index contributed by atoms with van der Waals surface area (Å²) in [5.41, 5.74) is 1.36. The molecule has 0 saturated heterocycles. The van der Waals surface area contributed by atoms with Gasteiger partial charge in [0.25, 0.3) is 5.91 Å². The van der Waals surface area contributed by atoms with Crippen molar-refractivity contribution in [2.45, 2.75) is 31.2 Å². The van der Waals surface area contributed by atoms with Crippen LogP contribution in [-0.4, -0.2) is 46.0 Å². The molecule has 1 aliphatic heterocycles. The Bertz CT molecular complexity index is 1020. The maximum absolute atomic E-state index is 12.5. The van der Waals surface area contributed by atoms with Gasteiger partial charge in [-0.3, -0.25) is 14.5 Å². The molecular formula is C21H25N3O5S. The van der Waals surface area contributed by atoms with Gasteiger partial charge in [-0.1, -0.05) is 30.3 Å². The number of carbonyl (C=O) groups excluding carboxylic acids is 2. The highest BCUT2D eigenvalue weighted by Crippen LogP contribution is 2.34. The third-order valence-electron chi connectivity index (χ3n) is 4.45. The molecule has 160 valence electrons. The standard InChI is InChI=1S/C21H25N3O5S/c1-15(2)23-30(27,28)17-8-9-19-18(12-17)24(21(26)14-29-19)13-20(25)22-11-10-16-6-4-3-5-7-16/h3-9,12,15,23H,10-11,13-14H2,1-2H3,(H,22,25). The zero-order chi connectivity index (χ0) is 21.7. The molecule has 8 nitrogen and oxygen atoms in total. The largest absolute Gasteiger partial charge is 0.482 e. The van der Waals surface area contributed by atoms with E-state index >= 15 is 0 Å². The summed E-state index contributed by atoms with van der Waals surface area (Å²) in [5.74, 6) is -0.386. The molecular weight excluding hydrogens is 406 g/mol. The molecule has 1 heterocycles.